The van der Waals surface area contributed by atoms with Crippen LogP contribution < -0.4 is 11.1 Å². The quantitative estimate of drug-likeness (QED) is 0.758. The molecule has 1 aromatic carbocycles. The molecule has 2 atom stereocenters. The third-order valence-electron chi connectivity index (χ3n) is 5.28. The molecule has 1 saturated carbocycles. The van der Waals surface area contributed by atoms with Crippen molar-refractivity contribution in [2.24, 2.45) is 11.7 Å². The topological polar surface area (TPSA) is 58.4 Å². The highest BCUT2D eigenvalue weighted by atomic mass is 35.5. The molecule has 4 nitrogen and oxygen atoms in total. The Morgan fingerprint density at radius 2 is 1.88 bits per heavy atom. The summed E-state index contributed by atoms with van der Waals surface area (Å²) in [5, 5.41) is 3.81. The first kappa shape index (κ1) is 17.7. The smallest absolute Gasteiger partial charge is 0.221 e. The lowest BCUT2D eigenvalue weighted by Crippen LogP contribution is -2.43. The normalized spacial score (nSPS) is 24.2. The summed E-state index contributed by atoms with van der Waals surface area (Å²) < 4.78 is 0. The standard InChI is InChI=1S/C19H28ClN3O/c20-16-5-3-14(4-6-16)9-10-22-19(24)11-17-7-8-18(12-21)23(17)13-15-1-2-15/h3-6,15,17-18H,1-2,7-13,21H2,(H,22,24)/t17-,18+/m0/s1. The number of nitrogens with two attached hydrogens (primary N) is 1. The minimum absolute atomic E-state index is 0.160. The van der Waals surface area contributed by atoms with Crippen molar-refractivity contribution in [2.75, 3.05) is 19.6 Å². The molecule has 0 bridgehead atoms. The number of nitrogens with zero attached hydrogens (tertiary/aromatic N) is 1. The zero-order valence-corrected chi connectivity index (χ0v) is 15.0. The zero-order valence-electron chi connectivity index (χ0n) is 14.2. The summed E-state index contributed by atoms with van der Waals surface area (Å²) >= 11 is 5.89. The monoisotopic (exact) mass is 349 g/mol. The molecule has 3 N–H and O–H groups in total. The van der Waals surface area contributed by atoms with Gasteiger partial charge in [0.1, 0.15) is 0 Å². The van der Waals surface area contributed by atoms with Crippen LogP contribution in [0.15, 0.2) is 24.3 Å². The Bertz CT molecular complexity index is 544. The lowest BCUT2D eigenvalue weighted by molar-refractivity contribution is -0.122. The fourth-order valence-corrected chi connectivity index (χ4v) is 3.79. The molecule has 1 amide bonds. The highest BCUT2D eigenvalue weighted by molar-refractivity contribution is 6.30. The number of carbonyl (C=O) groups excluding carboxylic acids is 1. The number of rotatable bonds is 8. The van der Waals surface area contributed by atoms with E-state index in [0.717, 1.165) is 36.7 Å². The summed E-state index contributed by atoms with van der Waals surface area (Å²) in [4.78, 5) is 14.8. The van der Waals surface area contributed by atoms with Crippen LogP contribution in [0.2, 0.25) is 5.02 Å². The van der Waals surface area contributed by atoms with E-state index in [1.807, 2.05) is 24.3 Å². The summed E-state index contributed by atoms with van der Waals surface area (Å²) in [7, 11) is 0. The van der Waals surface area contributed by atoms with E-state index in [4.69, 9.17) is 17.3 Å². The lowest BCUT2D eigenvalue weighted by Gasteiger charge is -2.29. The molecular formula is C19H28ClN3O. The van der Waals surface area contributed by atoms with E-state index in [1.165, 1.54) is 18.4 Å². The number of halogens is 1. The summed E-state index contributed by atoms with van der Waals surface area (Å²) in [6.45, 7) is 2.52. The molecular weight excluding hydrogens is 322 g/mol. The minimum Gasteiger partial charge on any atom is -0.356 e. The van der Waals surface area contributed by atoms with E-state index in [0.29, 0.717) is 31.6 Å². The van der Waals surface area contributed by atoms with Crippen molar-refractivity contribution in [1.29, 1.82) is 0 Å². The average molecular weight is 350 g/mol. The molecule has 24 heavy (non-hydrogen) atoms. The Kier molecular flexibility index (Phi) is 6.14. The summed E-state index contributed by atoms with van der Waals surface area (Å²) in [6.07, 6.45) is 6.35. The predicted octanol–water partition coefficient (Wildman–Crippen LogP) is 2.59. The number of benzene rings is 1. The van der Waals surface area contributed by atoms with Crippen molar-refractivity contribution < 1.29 is 4.79 Å². The van der Waals surface area contributed by atoms with E-state index < -0.39 is 0 Å². The zero-order chi connectivity index (χ0) is 16.9. The first-order valence-electron chi connectivity index (χ1n) is 9.12. The van der Waals surface area contributed by atoms with Crippen LogP contribution in [-0.2, 0) is 11.2 Å². The largest absolute Gasteiger partial charge is 0.356 e. The number of hydrogen-bond acceptors (Lipinski definition) is 3. The fraction of sp³-hybridized carbons (Fsp3) is 0.632. The van der Waals surface area contributed by atoms with Crippen molar-refractivity contribution in [3.8, 4) is 0 Å². The van der Waals surface area contributed by atoms with Crippen LogP contribution in [0, 0.1) is 5.92 Å². The lowest BCUT2D eigenvalue weighted by atomic mass is 10.1. The van der Waals surface area contributed by atoms with Gasteiger partial charge in [-0.1, -0.05) is 23.7 Å². The Morgan fingerprint density at radius 3 is 2.54 bits per heavy atom. The summed E-state index contributed by atoms with van der Waals surface area (Å²) in [6, 6.07) is 8.63. The van der Waals surface area contributed by atoms with E-state index in [2.05, 4.69) is 10.2 Å². The van der Waals surface area contributed by atoms with Crippen LogP contribution in [0.5, 0.6) is 0 Å². The Hall–Kier alpha value is -1.10. The van der Waals surface area contributed by atoms with Gasteiger partial charge in [0.2, 0.25) is 5.91 Å². The van der Waals surface area contributed by atoms with Crippen molar-refractivity contribution in [3.63, 3.8) is 0 Å². The van der Waals surface area contributed by atoms with Gasteiger partial charge in [0.05, 0.1) is 0 Å². The first-order valence-corrected chi connectivity index (χ1v) is 9.50. The second-order valence-electron chi connectivity index (χ2n) is 7.19. The van der Waals surface area contributed by atoms with Gasteiger partial charge in [0.15, 0.2) is 0 Å². The number of amides is 1. The summed E-state index contributed by atoms with van der Waals surface area (Å²) in [5.74, 6) is 1.00. The predicted molar refractivity (Wildman–Crippen MR) is 98.1 cm³/mol. The second kappa shape index (κ2) is 8.32. The highest BCUT2D eigenvalue weighted by Crippen LogP contribution is 2.35. The van der Waals surface area contributed by atoms with Crippen LogP contribution in [0.3, 0.4) is 0 Å². The van der Waals surface area contributed by atoms with Gasteiger partial charge >= 0.3 is 0 Å². The molecule has 1 heterocycles. The third-order valence-corrected chi connectivity index (χ3v) is 5.53. The maximum atomic E-state index is 12.3. The second-order valence-corrected chi connectivity index (χ2v) is 7.63. The van der Waals surface area contributed by atoms with Gasteiger partial charge in [-0.25, -0.2) is 0 Å². The fourth-order valence-electron chi connectivity index (χ4n) is 3.67. The summed E-state index contributed by atoms with van der Waals surface area (Å²) in [5.41, 5.74) is 7.11. The molecule has 2 aliphatic rings. The first-order chi connectivity index (χ1) is 11.7. The molecule has 1 saturated heterocycles. The van der Waals surface area contributed by atoms with Gasteiger partial charge in [0.25, 0.3) is 0 Å². The van der Waals surface area contributed by atoms with Crippen LogP contribution in [0.4, 0.5) is 0 Å². The van der Waals surface area contributed by atoms with Gasteiger partial charge in [-0.15, -0.1) is 0 Å². The van der Waals surface area contributed by atoms with Crippen LogP contribution >= 0.6 is 11.6 Å². The highest BCUT2D eigenvalue weighted by Gasteiger charge is 2.37. The van der Waals surface area contributed by atoms with Crippen molar-refractivity contribution >= 4 is 17.5 Å². The molecule has 1 aliphatic heterocycles. The van der Waals surface area contributed by atoms with Gasteiger partial charge < -0.3 is 11.1 Å². The van der Waals surface area contributed by atoms with E-state index in [-0.39, 0.29) is 5.91 Å². The van der Waals surface area contributed by atoms with Crippen molar-refractivity contribution in [3.05, 3.63) is 34.9 Å². The van der Waals surface area contributed by atoms with Crippen LogP contribution in [0.25, 0.3) is 0 Å². The molecule has 0 radical (unpaired) electrons. The maximum Gasteiger partial charge on any atom is 0.221 e. The molecule has 3 rings (SSSR count). The molecule has 1 aliphatic carbocycles. The van der Waals surface area contributed by atoms with Crippen LogP contribution in [-0.4, -0.2) is 42.5 Å². The number of nitrogens with one attached hydrogen (secondary N) is 1. The Balaban J connectivity index is 1.42. The molecule has 2 fully saturated rings. The van der Waals surface area contributed by atoms with Crippen molar-refractivity contribution in [1.82, 2.24) is 10.2 Å². The Morgan fingerprint density at radius 1 is 1.17 bits per heavy atom. The SMILES string of the molecule is NC[C@H]1CC[C@@H](CC(=O)NCCc2ccc(Cl)cc2)N1CC1CC1. The van der Waals surface area contributed by atoms with E-state index in [1.54, 1.807) is 0 Å². The molecule has 0 unspecified atom stereocenters. The Labute approximate surface area is 149 Å². The molecule has 132 valence electrons. The number of likely N-dealkylation sites (tertiary alicyclic amines) is 1. The molecule has 0 spiro atoms. The molecule has 1 aromatic rings. The number of carbonyl (C=O) groups is 1. The van der Waals surface area contributed by atoms with Gasteiger partial charge in [0, 0.05) is 43.2 Å². The average Bonchev–Trinajstić information content (AvgIpc) is 3.31. The third kappa shape index (κ3) is 4.95. The van der Waals surface area contributed by atoms with Gasteiger partial charge in [-0.05, 0) is 55.7 Å². The van der Waals surface area contributed by atoms with Gasteiger partial charge in [-0.3, -0.25) is 9.69 Å². The minimum atomic E-state index is 0.160. The van der Waals surface area contributed by atoms with E-state index in [9.17, 15) is 4.79 Å². The molecule has 5 heteroatoms. The maximum absolute atomic E-state index is 12.3. The number of hydrogen-bond donors (Lipinski definition) is 2. The molecule has 0 aromatic heterocycles. The van der Waals surface area contributed by atoms with E-state index >= 15 is 0 Å². The van der Waals surface area contributed by atoms with Gasteiger partial charge in [-0.2, -0.15) is 0 Å². The van der Waals surface area contributed by atoms with Crippen LogP contribution in [0.1, 0.15) is 37.7 Å². The van der Waals surface area contributed by atoms with Crippen molar-refractivity contribution in [2.45, 2.75) is 50.6 Å².